The highest BCUT2D eigenvalue weighted by molar-refractivity contribution is 5.47. The van der Waals surface area contributed by atoms with Crippen molar-refractivity contribution >= 4 is 5.82 Å². The van der Waals surface area contributed by atoms with E-state index < -0.39 is 0 Å². The molecule has 3 aliphatic rings. The van der Waals surface area contributed by atoms with Crippen LogP contribution in [0, 0.1) is 5.82 Å². The van der Waals surface area contributed by atoms with Gasteiger partial charge in [-0.3, -0.25) is 4.90 Å². The molecule has 5 nitrogen and oxygen atoms in total. The van der Waals surface area contributed by atoms with E-state index in [1.54, 1.807) is 12.1 Å². The van der Waals surface area contributed by atoms with E-state index in [-0.39, 0.29) is 24.1 Å². The van der Waals surface area contributed by atoms with Gasteiger partial charge in [0.05, 0.1) is 12.2 Å². The van der Waals surface area contributed by atoms with Crippen molar-refractivity contribution in [3.05, 3.63) is 58.5 Å². The Morgan fingerprint density at radius 1 is 1.17 bits per heavy atom. The van der Waals surface area contributed by atoms with Crippen LogP contribution in [0.15, 0.2) is 30.3 Å². The van der Waals surface area contributed by atoms with Gasteiger partial charge in [0.15, 0.2) is 0 Å². The number of aryl methyl sites for hydroxylation is 2. The Kier molecular flexibility index (Phi) is 8.32. The standard InChI is InChI=1S/C29H40FN3O2/c1-21(27-19-23(30)11-13-26(27)28-9-3-5-18-35-28)33-16-14-25(20-33)34-17-4-2-8-24-12-10-22-7-6-15-31-29(22)32-24/h10-13,19,21,25,28H,2-9,14-18,20H2,1H3,(H,31,32). The molecule has 3 aliphatic heterocycles. The van der Waals surface area contributed by atoms with Crippen LogP contribution in [-0.2, 0) is 22.3 Å². The third-order valence-electron chi connectivity index (χ3n) is 7.88. The molecule has 4 heterocycles. The maximum Gasteiger partial charge on any atom is 0.129 e. The number of pyridine rings is 1. The van der Waals surface area contributed by atoms with E-state index >= 15 is 0 Å². The molecule has 0 bridgehead atoms. The number of halogens is 1. The minimum atomic E-state index is -0.164. The Morgan fingerprint density at radius 3 is 3.00 bits per heavy atom. The largest absolute Gasteiger partial charge is 0.377 e. The van der Waals surface area contributed by atoms with Gasteiger partial charge in [-0.25, -0.2) is 9.37 Å². The lowest BCUT2D eigenvalue weighted by molar-refractivity contribution is 0.0134. The van der Waals surface area contributed by atoms with E-state index in [4.69, 9.17) is 14.5 Å². The van der Waals surface area contributed by atoms with Crippen LogP contribution in [0.2, 0.25) is 0 Å². The number of anilines is 1. The fraction of sp³-hybridized carbons (Fsp3) is 0.621. The monoisotopic (exact) mass is 481 g/mol. The number of benzene rings is 1. The summed E-state index contributed by atoms with van der Waals surface area (Å²) in [4.78, 5) is 7.24. The first-order chi connectivity index (χ1) is 17.2. The molecule has 6 heteroatoms. The van der Waals surface area contributed by atoms with Gasteiger partial charge in [0.2, 0.25) is 0 Å². The van der Waals surface area contributed by atoms with Crippen molar-refractivity contribution in [3.63, 3.8) is 0 Å². The van der Waals surface area contributed by atoms with Gasteiger partial charge in [0.25, 0.3) is 0 Å². The first-order valence-corrected chi connectivity index (χ1v) is 13.7. The summed E-state index contributed by atoms with van der Waals surface area (Å²) in [5, 5.41) is 3.42. The summed E-state index contributed by atoms with van der Waals surface area (Å²) in [5.74, 6) is 0.921. The first-order valence-electron chi connectivity index (χ1n) is 13.7. The topological polar surface area (TPSA) is 46.6 Å². The smallest absolute Gasteiger partial charge is 0.129 e. The lowest BCUT2D eigenvalue weighted by atomic mass is 9.93. The molecule has 0 spiro atoms. The second-order valence-corrected chi connectivity index (χ2v) is 10.4. The van der Waals surface area contributed by atoms with Crippen molar-refractivity contribution in [1.82, 2.24) is 9.88 Å². The fourth-order valence-corrected chi connectivity index (χ4v) is 5.79. The second kappa shape index (κ2) is 11.8. The van der Waals surface area contributed by atoms with Crippen LogP contribution in [0.1, 0.15) is 86.4 Å². The average Bonchev–Trinajstić information content (AvgIpc) is 3.37. The third kappa shape index (κ3) is 6.22. The summed E-state index contributed by atoms with van der Waals surface area (Å²) in [6.45, 7) is 6.71. The number of likely N-dealkylation sites (tertiary alicyclic amines) is 1. The fourth-order valence-electron chi connectivity index (χ4n) is 5.79. The van der Waals surface area contributed by atoms with Crippen LogP contribution >= 0.6 is 0 Å². The Bertz CT molecular complexity index is 978. The van der Waals surface area contributed by atoms with Crippen molar-refractivity contribution in [1.29, 1.82) is 0 Å². The van der Waals surface area contributed by atoms with Gasteiger partial charge in [0, 0.05) is 44.6 Å². The maximum atomic E-state index is 14.2. The SMILES string of the molecule is CC(c1cc(F)ccc1C1CCCCO1)N1CCC(OCCCCc2ccc3c(n2)NCCC3)C1. The second-order valence-electron chi connectivity index (χ2n) is 10.4. The van der Waals surface area contributed by atoms with E-state index in [2.05, 4.69) is 29.3 Å². The highest BCUT2D eigenvalue weighted by atomic mass is 19.1. The molecule has 3 atom stereocenters. The number of nitrogens with one attached hydrogen (secondary N) is 1. The summed E-state index contributed by atoms with van der Waals surface area (Å²) in [6, 6.07) is 9.81. The number of fused-ring (bicyclic) bond motifs is 1. The Balaban J connectivity index is 1.08. The molecule has 1 N–H and O–H groups in total. The Labute approximate surface area is 209 Å². The molecule has 3 unspecified atom stereocenters. The van der Waals surface area contributed by atoms with E-state index in [9.17, 15) is 4.39 Å². The highest BCUT2D eigenvalue weighted by Crippen LogP contribution is 2.36. The highest BCUT2D eigenvalue weighted by Gasteiger charge is 2.30. The van der Waals surface area contributed by atoms with Gasteiger partial charge in [-0.1, -0.05) is 12.1 Å². The lowest BCUT2D eigenvalue weighted by Crippen LogP contribution is -2.28. The predicted octanol–water partition coefficient (Wildman–Crippen LogP) is 6.00. The summed E-state index contributed by atoms with van der Waals surface area (Å²) in [6.07, 6.45) is 10.2. The summed E-state index contributed by atoms with van der Waals surface area (Å²) in [7, 11) is 0. The zero-order chi connectivity index (χ0) is 24.0. The van der Waals surface area contributed by atoms with Gasteiger partial charge in [-0.05, 0) is 99.6 Å². The summed E-state index contributed by atoms with van der Waals surface area (Å²) < 4.78 is 26.5. The first kappa shape index (κ1) is 24.7. The van der Waals surface area contributed by atoms with E-state index in [1.807, 2.05) is 6.07 Å². The minimum Gasteiger partial charge on any atom is -0.377 e. The number of nitrogens with zero attached hydrogens (tertiary/aromatic N) is 2. The molecule has 0 aliphatic carbocycles. The molecular weight excluding hydrogens is 441 g/mol. The van der Waals surface area contributed by atoms with Crippen LogP contribution < -0.4 is 5.32 Å². The van der Waals surface area contributed by atoms with Gasteiger partial charge < -0.3 is 14.8 Å². The number of ether oxygens (including phenoxy) is 2. The molecule has 1 aromatic heterocycles. The van der Waals surface area contributed by atoms with Crippen LogP contribution in [0.3, 0.4) is 0 Å². The molecule has 5 rings (SSSR count). The number of unbranched alkanes of at least 4 members (excludes halogenated alkanes) is 1. The molecule has 1 aromatic carbocycles. The van der Waals surface area contributed by atoms with Crippen LogP contribution in [0.4, 0.5) is 10.2 Å². The normalized spacial score (nSPS) is 23.6. The molecule has 35 heavy (non-hydrogen) atoms. The van der Waals surface area contributed by atoms with Crippen molar-refractivity contribution in [2.45, 2.75) is 83.0 Å². The van der Waals surface area contributed by atoms with Crippen molar-refractivity contribution in [2.24, 2.45) is 0 Å². The number of hydrogen-bond acceptors (Lipinski definition) is 5. The van der Waals surface area contributed by atoms with Crippen LogP contribution in [0.25, 0.3) is 0 Å². The van der Waals surface area contributed by atoms with Gasteiger partial charge in [-0.15, -0.1) is 0 Å². The predicted molar refractivity (Wildman–Crippen MR) is 137 cm³/mol. The average molecular weight is 482 g/mol. The quantitative estimate of drug-likeness (QED) is 0.446. The third-order valence-corrected chi connectivity index (χ3v) is 7.88. The van der Waals surface area contributed by atoms with Crippen LogP contribution in [-0.4, -0.2) is 48.8 Å². The minimum absolute atomic E-state index is 0.0943. The molecular formula is C29H40FN3O2. The molecule has 0 amide bonds. The van der Waals surface area contributed by atoms with E-state index in [0.29, 0.717) is 0 Å². The lowest BCUT2D eigenvalue weighted by Gasteiger charge is -2.30. The van der Waals surface area contributed by atoms with Gasteiger partial charge >= 0.3 is 0 Å². The Morgan fingerprint density at radius 2 is 2.11 bits per heavy atom. The van der Waals surface area contributed by atoms with E-state index in [0.717, 1.165) is 94.7 Å². The van der Waals surface area contributed by atoms with Gasteiger partial charge in [-0.2, -0.15) is 0 Å². The summed E-state index contributed by atoms with van der Waals surface area (Å²) >= 11 is 0. The molecule has 0 radical (unpaired) electrons. The zero-order valence-corrected chi connectivity index (χ0v) is 21.1. The number of aromatic nitrogens is 1. The van der Waals surface area contributed by atoms with Crippen LogP contribution in [0.5, 0.6) is 0 Å². The molecule has 0 saturated carbocycles. The van der Waals surface area contributed by atoms with Crippen molar-refractivity contribution in [3.8, 4) is 0 Å². The van der Waals surface area contributed by atoms with Crippen molar-refractivity contribution < 1.29 is 13.9 Å². The molecule has 2 saturated heterocycles. The molecule has 2 fully saturated rings. The maximum absolute atomic E-state index is 14.2. The molecule has 2 aromatic rings. The zero-order valence-electron chi connectivity index (χ0n) is 21.1. The summed E-state index contributed by atoms with van der Waals surface area (Å²) in [5.41, 5.74) is 4.75. The molecule has 190 valence electrons. The van der Waals surface area contributed by atoms with E-state index in [1.165, 1.54) is 24.1 Å². The van der Waals surface area contributed by atoms with Gasteiger partial charge in [0.1, 0.15) is 11.6 Å². The number of rotatable bonds is 9. The number of hydrogen-bond donors (Lipinski definition) is 1. The Hall–Kier alpha value is -2.02. The van der Waals surface area contributed by atoms with Crippen molar-refractivity contribution in [2.75, 3.05) is 38.2 Å².